The van der Waals surface area contributed by atoms with E-state index in [2.05, 4.69) is 15.3 Å². The van der Waals surface area contributed by atoms with Gasteiger partial charge in [-0.1, -0.05) is 0 Å². The molecule has 7 heteroatoms. The van der Waals surface area contributed by atoms with Gasteiger partial charge in [0.1, 0.15) is 0 Å². The molecule has 1 aliphatic rings. The molecule has 18 heavy (non-hydrogen) atoms. The van der Waals surface area contributed by atoms with Gasteiger partial charge in [0.05, 0.1) is 0 Å². The lowest BCUT2D eigenvalue weighted by Gasteiger charge is -2.20. The fourth-order valence-corrected chi connectivity index (χ4v) is 2.09. The standard InChI is InChI=1S/C11H15F3N4/c12-11(13,14)9-7-3-1-2-4-8(7)17-10(18-9)16-6-5-15/h1-6,15H2,(H,16,17,18). The van der Waals surface area contributed by atoms with Crippen LogP contribution in [0.2, 0.25) is 0 Å². The number of aromatic nitrogens is 2. The molecule has 1 aromatic heterocycles. The number of aryl methyl sites for hydroxylation is 1. The highest BCUT2D eigenvalue weighted by Crippen LogP contribution is 2.35. The number of nitrogens with two attached hydrogens (primary N) is 1. The monoisotopic (exact) mass is 260 g/mol. The fourth-order valence-electron chi connectivity index (χ4n) is 2.09. The second kappa shape index (κ2) is 5.09. The average Bonchev–Trinajstić information content (AvgIpc) is 2.34. The molecule has 0 aromatic carbocycles. The fraction of sp³-hybridized carbons (Fsp3) is 0.636. The van der Waals surface area contributed by atoms with Crippen LogP contribution in [-0.2, 0) is 19.0 Å². The van der Waals surface area contributed by atoms with Gasteiger partial charge < -0.3 is 11.1 Å². The molecule has 0 aliphatic heterocycles. The molecule has 2 rings (SSSR count). The van der Waals surface area contributed by atoms with Crippen LogP contribution in [0, 0.1) is 0 Å². The Bertz CT molecular complexity index is 431. The summed E-state index contributed by atoms with van der Waals surface area (Å²) in [6.07, 6.45) is -1.81. The minimum Gasteiger partial charge on any atom is -0.353 e. The SMILES string of the molecule is NCCNc1nc2c(c(C(F)(F)F)n1)CCCC2. The summed E-state index contributed by atoms with van der Waals surface area (Å²) in [5.74, 6) is 0.0217. The summed E-state index contributed by atoms with van der Waals surface area (Å²) in [4.78, 5) is 7.74. The predicted octanol–water partition coefficient (Wildman–Crippen LogP) is 1.74. The van der Waals surface area contributed by atoms with Crippen molar-refractivity contribution in [3.8, 4) is 0 Å². The second-order valence-electron chi connectivity index (χ2n) is 4.24. The topological polar surface area (TPSA) is 63.8 Å². The van der Waals surface area contributed by atoms with Crippen molar-refractivity contribution in [2.24, 2.45) is 5.73 Å². The molecule has 0 radical (unpaired) electrons. The van der Waals surface area contributed by atoms with E-state index in [-0.39, 0.29) is 11.5 Å². The number of halogens is 3. The highest BCUT2D eigenvalue weighted by Gasteiger charge is 2.37. The van der Waals surface area contributed by atoms with Crippen molar-refractivity contribution in [2.75, 3.05) is 18.4 Å². The van der Waals surface area contributed by atoms with Crippen LogP contribution < -0.4 is 11.1 Å². The first-order valence-corrected chi connectivity index (χ1v) is 5.93. The summed E-state index contributed by atoms with van der Waals surface area (Å²) in [7, 11) is 0. The van der Waals surface area contributed by atoms with Crippen molar-refractivity contribution in [3.05, 3.63) is 17.0 Å². The van der Waals surface area contributed by atoms with Gasteiger partial charge in [0.2, 0.25) is 5.95 Å². The van der Waals surface area contributed by atoms with E-state index in [1.54, 1.807) is 0 Å². The van der Waals surface area contributed by atoms with Crippen LogP contribution in [0.15, 0.2) is 0 Å². The van der Waals surface area contributed by atoms with Crippen LogP contribution in [0.4, 0.5) is 19.1 Å². The Labute approximate surface area is 103 Å². The summed E-state index contributed by atoms with van der Waals surface area (Å²) >= 11 is 0. The van der Waals surface area contributed by atoms with Gasteiger partial charge in [-0.3, -0.25) is 0 Å². The largest absolute Gasteiger partial charge is 0.433 e. The Balaban J connectivity index is 2.41. The van der Waals surface area contributed by atoms with Gasteiger partial charge in [-0.05, 0) is 25.7 Å². The summed E-state index contributed by atoms with van der Waals surface area (Å²) < 4.78 is 38.8. The predicted molar refractivity (Wildman–Crippen MR) is 61.2 cm³/mol. The van der Waals surface area contributed by atoms with Crippen LogP contribution in [0.5, 0.6) is 0 Å². The van der Waals surface area contributed by atoms with Crippen LogP contribution >= 0.6 is 0 Å². The maximum absolute atomic E-state index is 12.9. The molecule has 0 fully saturated rings. The Kier molecular flexibility index (Phi) is 3.70. The molecular weight excluding hydrogens is 245 g/mol. The lowest BCUT2D eigenvalue weighted by molar-refractivity contribution is -0.142. The van der Waals surface area contributed by atoms with E-state index < -0.39 is 11.9 Å². The van der Waals surface area contributed by atoms with Gasteiger partial charge in [0.15, 0.2) is 5.69 Å². The van der Waals surface area contributed by atoms with E-state index in [9.17, 15) is 13.2 Å². The van der Waals surface area contributed by atoms with E-state index in [1.807, 2.05) is 0 Å². The van der Waals surface area contributed by atoms with Crippen LogP contribution in [0.25, 0.3) is 0 Å². The zero-order valence-electron chi connectivity index (χ0n) is 9.85. The number of hydrogen-bond donors (Lipinski definition) is 2. The molecule has 0 spiro atoms. The number of anilines is 1. The molecule has 4 nitrogen and oxygen atoms in total. The van der Waals surface area contributed by atoms with Gasteiger partial charge in [-0.2, -0.15) is 13.2 Å². The minimum absolute atomic E-state index is 0.0217. The van der Waals surface area contributed by atoms with Crippen molar-refractivity contribution < 1.29 is 13.2 Å². The maximum atomic E-state index is 12.9. The first-order chi connectivity index (χ1) is 8.52. The average molecular weight is 260 g/mol. The Hall–Kier alpha value is -1.37. The summed E-state index contributed by atoms with van der Waals surface area (Å²) in [5.41, 5.74) is 5.27. The number of fused-ring (bicyclic) bond motifs is 1. The third-order valence-corrected chi connectivity index (χ3v) is 2.88. The number of nitrogens with zero attached hydrogens (tertiary/aromatic N) is 2. The van der Waals surface area contributed by atoms with Crippen molar-refractivity contribution >= 4 is 5.95 Å². The molecule has 0 saturated carbocycles. The number of rotatable bonds is 3. The highest BCUT2D eigenvalue weighted by molar-refractivity contribution is 5.37. The molecular formula is C11H15F3N4. The van der Waals surface area contributed by atoms with Gasteiger partial charge >= 0.3 is 6.18 Å². The van der Waals surface area contributed by atoms with Gasteiger partial charge in [-0.25, -0.2) is 9.97 Å². The van der Waals surface area contributed by atoms with Crippen LogP contribution in [0.3, 0.4) is 0 Å². The lowest BCUT2D eigenvalue weighted by Crippen LogP contribution is -2.22. The molecule has 0 atom stereocenters. The zero-order valence-corrected chi connectivity index (χ0v) is 9.85. The molecule has 0 saturated heterocycles. The Morgan fingerprint density at radius 1 is 1.17 bits per heavy atom. The van der Waals surface area contributed by atoms with E-state index in [0.29, 0.717) is 31.6 Å². The van der Waals surface area contributed by atoms with Gasteiger partial charge in [0, 0.05) is 24.3 Å². The third kappa shape index (κ3) is 2.72. The third-order valence-electron chi connectivity index (χ3n) is 2.88. The van der Waals surface area contributed by atoms with Crippen LogP contribution in [0.1, 0.15) is 29.8 Å². The summed E-state index contributed by atoms with van der Waals surface area (Å²) in [6, 6.07) is 0. The second-order valence-corrected chi connectivity index (χ2v) is 4.24. The Morgan fingerprint density at radius 2 is 1.89 bits per heavy atom. The molecule has 0 bridgehead atoms. The molecule has 1 aliphatic carbocycles. The van der Waals surface area contributed by atoms with E-state index in [0.717, 1.165) is 12.8 Å². The molecule has 0 amide bonds. The first kappa shape index (κ1) is 13.1. The van der Waals surface area contributed by atoms with Crippen molar-refractivity contribution in [2.45, 2.75) is 31.9 Å². The summed E-state index contributed by atoms with van der Waals surface area (Å²) in [6.45, 7) is 0.678. The van der Waals surface area contributed by atoms with Crippen molar-refractivity contribution in [1.82, 2.24) is 9.97 Å². The minimum atomic E-state index is -4.43. The Morgan fingerprint density at radius 3 is 2.56 bits per heavy atom. The van der Waals surface area contributed by atoms with Crippen molar-refractivity contribution in [1.29, 1.82) is 0 Å². The number of alkyl halides is 3. The first-order valence-electron chi connectivity index (χ1n) is 5.93. The molecule has 100 valence electrons. The highest BCUT2D eigenvalue weighted by atomic mass is 19.4. The van der Waals surface area contributed by atoms with E-state index >= 15 is 0 Å². The van der Waals surface area contributed by atoms with E-state index in [4.69, 9.17) is 5.73 Å². The van der Waals surface area contributed by atoms with Crippen molar-refractivity contribution in [3.63, 3.8) is 0 Å². The summed E-state index contributed by atoms with van der Waals surface area (Å²) in [5, 5.41) is 2.71. The van der Waals surface area contributed by atoms with Crippen LogP contribution in [-0.4, -0.2) is 23.1 Å². The zero-order chi connectivity index (χ0) is 13.2. The molecule has 1 heterocycles. The van der Waals surface area contributed by atoms with E-state index in [1.165, 1.54) is 0 Å². The maximum Gasteiger partial charge on any atom is 0.433 e. The number of hydrogen-bond acceptors (Lipinski definition) is 4. The molecule has 3 N–H and O–H groups in total. The molecule has 1 aromatic rings. The smallest absolute Gasteiger partial charge is 0.353 e. The van der Waals surface area contributed by atoms with Gasteiger partial charge in [-0.15, -0.1) is 0 Å². The quantitative estimate of drug-likeness (QED) is 0.869. The normalized spacial score (nSPS) is 15.3. The van der Waals surface area contributed by atoms with Gasteiger partial charge in [0.25, 0.3) is 0 Å². The number of nitrogens with one attached hydrogen (secondary N) is 1. The molecule has 0 unspecified atom stereocenters. The lowest BCUT2D eigenvalue weighted by atomic mass is 9.94.